The summed E-state index contributed by atoms with van der Waals surface area (Å²) < 4.78 is 0. The van der Waals surface area contributed by atoms with Gasteiger partial charge >= 0.3 is 0 Å². The zero-order chi connectivity index (χ0) is 7.41. The smallest absolute Gasteiger partial charge is 0.206 e. The van der Waals surface area contributed by atoms with E-state index >= 15 is 0 Å². The highest BCUT2D eigenvalue weighted by molar-refractivity contribution is 7.79. The molecule has 0 fully saturated rings. The van der Waals surface area contributed by atoms with Crippen molar-refractivity contribution in [1.29, 1.82) is 0 Å². The van der Waals surface area contributed by atoms with Crippen molar-refractivity contribution in [2.24, 2.45) is 0 Å². The normalized spacial score (nSPS) is 4.12. The van der Waals surface area contributed by atoms with Crippen molar-refractivity contribution in [3.63, 3.8) is 0 Å². The van der Waals surface area contributed by atoms with E-state index in [2.05, 4.69) is 17.9 Å². The fourth-order valence-electron chi connectivity index (χ4n) is 0. The monoisotopic (exact) mass is 139 g/mol. The summed E-state index contributed by atoms with van der Waals surface area (Å²) in [6, 6.07) is 0. The van der Waals surface area contributed by atoms with Gasteiger partial charge in [0.2, 0.25) is 6.41 Å². The minimum absolute atomic E-state index is 0.625. The first-order chi connectivity index (χ1) is 3.91. The molecule has 0 heterocycles. The molecule has 52 valence electrons. The van der Waals surface area contributed by atoms with Crippen LogP contribution in [0.1, 0.15) is 0 Å². The molecule has 0 rings (SSSR count). The molecule has 1 amide bonds. The first-order valence-corrected chi connectivity index (χ1v) is 2.81. The van der Waals surface area contributed by atoms with Crippen molar-refractivity contribution in [1.82, 2.24) is 5.32 Å². The molecule has 0 aromatic heterocycles. The van der Waals surface area contributed by atoms with Gasteiger partial charge in [0.1, 0.15) is 0 Å². The third-order valence-electron chi connectivity index (χ3n) is 0.118. The second-order valence-electron chi connectivity index (χ2n) is 0.407. The molecule has 0 saturated carbocycles. The van der Waals surface area contributed by atoms with E-state index in [1.165, 1.54) is 0 Å². The quantitative estimate of drug-likeness (QED) is 0.339. The molecule has 0 aliphatic rings. The minimum Gasteiger partial charge on any atom is -0.400 e. The highest BCUT2D eigenvalue weighted by Gasteiger charge is 1.43. The van der Waals surface area contributed by atoms with Crippen LogP contribution in [0.25, 0.3) is 0 Å². The SMILES string of the molecule is CNC=O.CO.CS. The lowest BCUT2D eigenvalue weighted by molar-refractivity contribution is -0.109. The van der Waals surface area contributed by atoms with E-state index in [0.29, 0.717) is 6.41 Å². The molecule has 0 bridgehead atoms. The van der Waals surface area contributed by atoms with E-state index in [1.807, 2.05) is 0 Å². The van der Waals surface area contributed by atoms with Crippen LogP contribution in [-0.2, 0) is 4.79 Å². The van der Waals surface area contributed by atoms with Crippen LogP contribution in [0.3, 0.4) is 0 Å². The maximum Gasteiger partial charge on any atom is 0.206 e. The average Bonchev–Trinajstić information content (AvgIpc) is 1.96. The Bertz CT molecular complexity index is 28.0. The Balaban J connectivity index is -0.0000000542. The molecule has 0 aromatic carbocycles. The molecule has 0 atom stereocenters. The van der Waals surface area contributed by atoms with E-state index in [-0.39, 0.29) is 0 Å². The van der Waals surface area contributed by atoms with Gasteiger partial charge in [0, 0.05) is 14.2 Å². The summed E-state index contributed by atoms with van der Waals surface area (Å²) in [5, 5.41) is 9.25. The first-order valence-electron chi connectivity index (χ1n) is 1.92. The lowest BCUT2D eigenvalue weighted by Crippen LogP contribution is -1.98. The number of aliphatic hydroxyl groups excluding tert-OH is 1. The fraction of sp³-hybridized carbons (Fsp3) is 0.750. The number of nitrogens with one attached hydrogen (secondary N) is 1. The lowest BCUT2D eigenvalue weighted by atomic mass is 11.2. The van der Waals surface area contributed by atoms with Gasteiger partial charge in [-0.25, -0.2) is 0 Å². The fourth-order valence-corrected chi connectivity index (χ4v) is 0. The Hall–Kier alpha value is -0.220. The number of rotatable bonds is 1. The van der Waals surface area contributed by atoms with Crippen LogP contribution in [0.15, 0.2) is 0 Å². The maximum atomic E-state index is 9.06. The van der Waals surface area contributed by atoms with Crippen molar-refractivity contribution in [2.45, 2.75) is 0 Å². The Labute approximate surface area is 55.5 Å². The topological polar surface area (TPSA) is 49.3 Å². The van der Waals surface area contributed by atoms with Crippen molar-refractivity contribution < 1.29 is 9.90 Å². The largest absolute Gasteiger partial charge is 0.400 e. The van der Waals surface area contributed by atoms with E-state index in [4.69, 9.17) is 9.90 Å². The number of amides is 1. The van der Waals surface area contributed by atoms with Crippen LogP contribution < -0.4 is 5.32 Å². The molecule has 0 aromatic rings. The van der Waals surface area contributed by atoms with Gasteiger partial charge in [0.15, 0.2) is 0 Å². The van der Waals surface area contributed by atoms with Crippen LogP contribution in [-0.4, -0.2) is 31.9 Å². The molecule has 3 nitrogen and oxygen atoms in total. The summed E-state index contributed by atoms with van der Waals surface area (Å²) in [5.74, 6) is 0. The van der Waals surface area contributed by atoms with Crippen molar-refractivity contribution in [3.8, 4) is 0 Å². The summed E-state index contributed by atoms with van der Waals surface area (Å²) in [7, 11) is 2.56. The number of carbonyl (C=O) groups excluding carboxylic acids is 1. The van der Waals surface area contributed by atoms with Crippen molar-refractivity contribution in [3.05, 3.63) is 0 Å². The van der Waals surface area contributed by atoms with Crippen LogP contribution in [0.5, 0.6) is 0 Å². The molecule has 4 heteroatoms. The predicted octanol–water partition coefficient (Wildman–Crippen LogP) is -0.483. The molecular formula is C4H13NO2S. The van der Waals surface area contributed by atoms with Crippen LogP contribution in [0.4, 0.5) is 0 Å². The maximum absolute atomic E-state index is 9.06. The van der Waals surface area contributed by atoms with Gasteiger partial charge in [-0.1, -0.05) is 0 Å². The lowest BCUT2D eigenvalue weighted by Gasteiger charge is -1.64. The van der Waals surface area contributed by atoms with Gasteiger partial charge in [-0.05, 0) is 6.26 Å². The van der Waals surface area contributed by atoms with Crippen LogP contribution >= 0.6 is 12.6 Å². The average molecular weight is 139 g/mol. The number of hydrogen-bond acceptors (Lipinski definition) is 3. The van der Waals surface area contributed by atoms with Crippen molar-refractivity contribution in [2.75, 3.05) is 20.4 Å². The zero-order valence-electron chi connectivity index (χ0n) is 5.38. The van der Waals surface area contributed by atoms with Gasteiger partial charge < -0.3 is 10.4 Å². The molecule has 0 unspecified atom stereocenters. The number of carbonyl (C=O) groups is 1. The van der Waals surface area contributed by atoms with Crippen LogP contribution in [0, 0.1) is 0 Å². The van der Waals surface area contributed by atoms with Crippen molar-refractivity contribution >= 4 is 19.0 Å². The van der Waals surface area contributed by atoms with Crippen LogP contribution in [0.2, 0.25) is 0 Å². The van der Waals surface area contributed by atoms with E-state index in [9.17, 15) is 0 Å². The number of thiol groups is 1. The molecule has 0 radical (unpaired) electrons. The van der Waals surface area contributed by atoms with E-state index in [1.54, 1.807) is 13.3 Å². The molecule has 0 spiro atoms. The molecule has 8 heavy (non-hydrogen) atoms. The molecule has 2 N–H and O–H groups in total. The van der Waals surface area contributed by atoms with E-state index < -0.39 is 0 Å². The Morgan fingerprint density at radius 3 is 1.62 bits per heavy atom. The van der Waals surface area contributed by atoms with Gasteiger partial charge in [0.25, 0.3) is 0 Å². The first kappa shape index (κ1) is 15.7. The summed E-state index contributed by atoms with van der Waals surface area (Å²) in [5.41, 5.74) is 0. The molecule has 0 saturated heterocycles. The van der Waals surface area contributed by atoms with Gasteiger partial charge in [0.05, 0.1) is 0 Å². The van der Waals surface area contributed by atoms with Gasteiger partial charge in [-0.15, -0.1) is 0 Å². The van der Waals surface area contributed by atoms with E-state index in [0.717, 1.165) is 7.11 Å². The summed E-state index contributed by atoms with van der Waals surface area (Å²) >= 11 is 3.53. The molecule has 0 aliphatic heterocycles. The zero-order valence-corrected chi connectivity index (χ0v) is 6.27. The Morgan fingerprint density at radius 2 is 1.62 bits per heavy atom. The number of aliphatic hydroxyl groups is 1. The second kappa shape index (κ2) is 71.5. The second-order valence-corrected chi connectivity index (χ2v) is 0.407. The predicted molar refractivity (Wildman–Crippen MR) is 38.2 cm³/mol. The summed E-state index contributed by atoms with van der Waals surface area (Å²) in [6.45, 7) is 0. The third-order valence-corrected chi connectivity index (χ3v) is 0.118. The highest BCUT2D eigenvalue weighted by Crippen LogP contribution is 1.31. The standard InChI is InChI=1S/C2H5NO.CH4O.CH4S/c1-3-2-4;2*1-2/h2H,1H3,(H,3,4);2*2H,1H3. The number of hydrogen-bond donors (Lipinski definition) is 3. The van der Waals surface area contributed by atoms with Gasteiger partial charge in [-0.2, -0.15) is 12.6 Å². The van der Waals surface area contributed by atoms with Gasteiger partial charge in [-0.3, -0.25) is 4.79 Å². The molecular weight excluding hydrogens is 126 g/mol. The summed E-state index contributed by atoms with van der Waals surface area (Å²) in [6.07, 6.45) is 2.32. The minimum atomic E-state index is 0.625. The Morgan fingerprint density at radius 1 is 1.50 bits per heavy atom. The Kier molecular flexibility index (Phi) is 140. The third kappa shape index (κ3) is 217. The summed E-state index contributed by atoms with van der Waals surface area (Å²) in [4.78, 5) is 9.06. The highest BCUT2D eigenvalue weighted by atomic mass is 32.1. The molecule has 0 aliphatic carbocycles.